The minimum atomic E-state index is -0.208. The summed E-state index contributed by atoms with van der Waals surface area (Å²) < 4.78 is 5.84. The van der Waals surface area contributed by atoms with Crippen LogP contribution in [0, 0.1) is 0 Å². The average Bonchev–Trinajstić information content (AvgIpc) is 2.63. The van der Waals surface area contributed by atoms with Gasteiger partial charge in [0.25, 0.3) is 5.91 Å². The van der Waals surface area contributed by atoms with Crippen molar-refractivity contribution in [1.82, 2.24) is 14.9 Å². The summed E-state index contributed by atoms with van der Waals surface area (Å²) in [4.78, 5) is 21.9. The lowest BCUT2D eigenvalue weighted by Gasteiger charge is -2.12. The van der Waals surface area contributed by atoms with E-state index in [-0.39, 0.29) is 17.5 Å². The van der Waals surface area contributed by atoms with Crippen LogP contribution in [0.5, 0.6) is 5.75 Å². The third-order valence-electron chi connectivity index (χ3n) is 4.02. The van der Waals surface area contributed by atoms with Crippen molar-refractivity contribution in [3.8, 4) is 17.0 Å². The van der Waals surface area contributed by atoms with Gasteiger partial charge in [-0.3, -0.25) is 4.79 Å². The van der Waals surface area contributed by atoms with Gasteiger partial charge in [0.2, 0.25) is 5.95 Å². The zero-order valence-electron chi connectivity index (χ0n) is 15.9. The molecule has 2 aromatic rings. The standard InChI is InChI=1S/C20H28N4O2/c1-4-5-6-7-8-12-26-16-11-9-10-15(13-16)17-14-18(19(25)24(2)3)23-20(21)22-17/h9-11,13-14H,4-8,12H2,1-3H3,(H2,21,22,23). The predicted molar refractivity (Wildman–Crippen MR) is 104 cm³/mol. The third kappa shape index (κ3) is 5.72. The second kappa shape index (κ2) is 9.75. The quantitative estimate of drug-likeness (QED) is 0.692. The lowest BCUT2D eigenvalue weighted by Crippen LogP contribution is -2.23. The van der Waals surface area contributed by atoms with Gasteiger partial charge in [0, 0.05) is 19.7 Å². The number of amides is 1. The molecule has 0 aliphatic heterocycles. The fourth-order valence-corrected chi connectivity index (χ4v) is 2.59. The summed E-state index contributed by atoms with van der Waals surface area (Å²) in [6.07, 6.45) is 6.00. The van der Waals surface area contributed by atoms with Gasteiger partial charge >= 0.3 is 0 Å². The van der Waals surface area contributed by atoms with Crippen LogP contribution in [0.1, 0.15) is 49.5 Å². The second-order valence-electron chi connectivity index (χ2n) is 6.49. The fourth-order valence-electron chi connectivity index (χ4n) is 2.59. The normalized spacial score (nSPS) is 10.6. The number of nitrogens with zero attached hydrogens (tertiary/aromatic N) is 3. The molecule has 6 heteroatoms. The number of rotatable bonds is 9. The summed E-state index contributed by atoms with van der Waals surface area (Å²) in [5.41, 5.74) is 7.51. The first kappa shape index (κ1) is 19.7. The zero-order chi connectivity index (χ0) is 18.9. The van der Waals surface area contributed by atoms with Crippen molar-refractivity contribution in [2.75, 3.05) is 26.4 Å². The van der Waals surface area contributed by atoms with Gasteiger partial charge in [-0.1, -0.05) is 44.7 Å². The van der Waals surface area contributed by atoms with Crippen molar-refractivity contribution in [2.24, 2.45) is 0 Å². The number of ether oxygens (including phenoxy) is 1. The molecule has 0 atom stereocenters. The van der Waals surface area contributed by atoms with E-state index in [0.29, 0.717) is 12.3 Å². The van der Waals surface area contributed by atoms with E-state index in [4.69, 9.17) is 10.5 Å². The summed E-state index contributed by atoms with van der Waals surface area (Å²) in [5.74, 6) is 0.658. The number of carbonyl (C=O) groups excluding carboxylic acids is 1. The highest BCUT2D eigenvalue weighted by molar-refractivity contribution is 5.93. The molecule has 1 heterocycles. The molecule has 1 aromatic carbocycles. The summed E-state index contributed by atoms with van der Waals surface area (Å²) in [6.45, 7) is 2.91. The van der Waals surface area contributed by atoms with Crippen LogP contribution in [0.2, 0.25) is 0 Å². The van der Waals surface area contributed by atoms with Crippen molar-refractivity contribution >= 4 is 11.9 Å². The van der Waals surface area contributed by atoms with Crippen LogP contribution >= 0.6 is 0 Å². The van der Waals surface area contributed by atoms with Crippen LogP contribution in [0.3, 0.4) is 0 Å². The summed E-state index contributed by atoms with van der Waals surface area (Å²) in [6, 6.07) is 9.32. The molecule has 0 fully saturated rings. The Bertz CT molecular complexity index is 732. The van der Waals surface area contributed by atoms with Gasteiger partial charge < -0.3 is 15.4 Å². The topological polar surface area (TPSA) is 81.3 Å². The molecule has 2 N–H and O–H groups in total. The molecule has 6 nitrogen and oxygen atoms in total. The van der Waals surface area contributed by atoms with E-state index in [1.54, 1.807) is 20.2 Å². The Labute approximate surface area is 155 Å². The Kier molecular flexibility index (Phi) is 7.38. The summed E-state index contributed by atoms with van der Waals surface area (Å²) in [5, 5.41) is 0. The molecule has 0 spiro atoms. The number of unbranched alkanes of at least 4 members (excludes halogenated alkanes) is 4. The Morgan fingerprint density at radius 3 is 2.62 bits per heavy atom. The van der Waals surface area contributed by atoms with Gasteiger partial charge in [-0.25, -0.2) is 9.97 Å². The number of nitrogen functional groups attached to an aromatic ring is 1. The molecule has 140 valence electrons. The lowest BCUT2D eigenvalue weighted by molar-refractivity contribution is 0.0822. The Hall–Kier alpha value is -2.63. The molecule has 0 saturated carbocycles. The number of hydrogen-bond donors (Lipinski definition) is 1. The minimum Gasteiger partial charge on any atom is -0.494 e. The summed E-state index contributed by atoms with van der Waals surface area (Å²) in [7, 11) is 3.35. The molecule has 0 unspecified atom stereocenters. The number of carbonyl (C=O) groups is 1. The van der Waals surface area contributed by atoms with Crippen LogP contribution in [-0.4, -0.2) is 41.5 Å². The van der Waals surface area contributed by atoms with Gasteiger partial charge in [0.15, 0.2) is 0 Å². The molecule has 2 rings (SSSR count). The molecule has 0 saturated heterocycles. The maximum atomic E-state index is 12.2. The van der Waals surface area contributed by atoms with Crippen molar-refractivity contribution in [3.05, 3.63) is 36.0 Å². The predicted octanol–water partition coefficient (Wildman–Crippen LogP) is 3.78. The Morgan fingerprint density at radius 2 is 1.88 bits per heavy atom. The van der Waals surface area contributed by atoms with Crippen LogP contribution in [0.25, 0.3) is 11.3 Å². The van der Waals surface area contributed by atoms with E-state index in [9.17, 15) is 4.79 Å². The molecule has 0 bridgehead atoms. The molecule has 1 amide bonds. The van der Waals surface area contributed by atoms with Gasteiger partial charge in [-0.15, -0.1) is 0 Å². The third-order valence-corrected chi connectivity index (χ3v) is 4.02. The molecular formula is C20H28N4O2. The fraction of sp³-hybridized carbons (Fsp3) is 0.450. The first-order valence-electron chi connectivity index (χ1n) is 9.10. The largest absolute Gasteiger partial charge is 0.494 e. The highest BCUT2D eigenvalue weighted by Gasteiger charge is 2.14. The van der Waals surface area contributed by atoms with Crippen molar-refractivity contribution in [3.63, 3.8) is 0 Å². The number of hydrogen-bond acceptors (Lipinski definition) is 5. The average molecular weight is 356 g/mol. The molecule has 0 radical (unpaired) electrons. The van der Waals surface area contributed by atoms with E-state index in [0.717, 1.165) is 17.7 Å². The number of aromatic nitrogens is 2. The molecule has 1 aromatic heterocycles. The zero-order valence-corrected chi connectivity index (χ0v) is 15.9. The molecule has 26 heavy (non-hydrogen) atoms. The number of nitrogens with two attached hydrogens (primary N) is 1. The van der Waals surface area contributed by atoms with Gasteiger partial charge in [-0.05, 0) is 24.6 Å². The monoisotopic (exact) mass is 356 g/mol. The highest BCUT2D eigenvalue weighted by atomic mass is 16.5. The Balaban J connectivity index is 2.08. The van der Waals surface area contributed by atoms with E-state index in [1.807, 2.05) is 24.3 Å². The molecule has 0 aliphatic carbocycles. The van der Waals surface area contributed by atoms with Gasteiger partial charge in [0.1, 0.15) is 11.4 Å². The van der Waals surface area contributed by atoms with E-state index < -0.39 is 0 Å². The van der Waals surface area contributed by atoms with Crippen molar-refractivity contribution in [1.29, 1.82) is 0 Å². The van der Waals surface area contributed by atoms with Crippen LogP contribution in [0.15, 0.2) is 30.3 Å². The minimum absolute atomic E-state index is 0.0787. The lowest BCUT2D eigenvalue weighted by atomic mass is 10.1. The second-order valence-corrected chi connectivity index (χ2v) is 6.49. The van der Waals surface area contributed by atoms with Crippen molar-refractivity contribution < 1.29 is 9.53 Å². The summed E-state index contributed by atoms with van der Waals surface area (Å²) >= 11 is 0. The van der Waals surface area contributed by atoms with Gasteiger partial charge in [-0.2, -0.15) is 0 Å². The first-order valence-corrected chi connectivity index (χ1v) is 9.10. The van der Waals surface area contributed by atoms with Crippen molar-refractivity contribution in [2.45, 2.75) is 39.0 Å². The van der Waals surface area contributed by atoms with E-state index in [2.05, 4.69) is 16.9 Å². The van der Waals surface area contributed by atoms with Crippen LogP contribution in [0.4, 0.5) is 5.95 Å². The molecule has 0 aliphatic rings. The maximum Gasteiger partial charge on any atom is 0.272 e. The first-order chi connectivity index (χ1) is 12.5. The highest BCUT2D eigenvalue weighted by Crippen LogP contribution is 2.24. The van der Waals surface area contributed by atoms with Crippen LogP contribution in [-0.2, 0) is 0 Å². The van der Waals surface area contributed by atoms with E-state index >= 15 is 0 Å². The smallest absolute Gasteiger partial charge is 0.272 e. The Morgan fingerprint density at radius 1 is 1.12 bits per heavy atom. The van der Waals surface area contributed by atoms with Gasteiger partial charge in [0.05, 0.1) is 12.3 Å². The maximum absolute atomic E-state index is 12.2. The molecular weight excluding hydrogens is 328 g/mol. The van der Waals surface area contributed by atoms with Crippen LogP contribution < -0.4 is 10.5 Å². The SMILES string of the molecule is CCCCCCCOc1cccc(-c2cc(C(=O)N(C)C)nc(N)n2)c1. The number of benzene rings is 1. The number of anilines is 1. The van der Waals surface area contributed by atoms with E-state index in [1.165, 1.54) is 30.6 Å².